The number of halogens is 2. The molecule has 0 unspecified atom stereocenters. The molecule has 3 aromatic rings. The van der Waals surface area contributed by atoms with Crippen molar-refractivity contribution in [3.63, 3.8) is 0 Å². The molecule has 2 amide bonds. The number of sulfonamides is 1. The monoisotopic (exact) mass is 547 g/mol. The topological polar surface area (TPSA) is 86.8 Å². The summed E-state index contributed by atoms with van der Waals surface area (Å²) in [6.07, 6.45) is 0.492. The lowest BCUT2D eigenvalue weighted by molar-refractivity contribution is -0.138. The third-order valence-corrected chi connectivity index (χ3v) is 8.23. The van der Waals surface area contributed by atoms with Crippen LogP contribution in [-0.4, -0.2) is 51.3 Å². The maximum Gasteiger partial charge on any atom is 0.264 e. The molecule has 0 aliphatic heterocycles. The number of anilines is 1. The minimum Gasteiger partial charge on any atom is -0.357 e. The highest BCUT2D eigenvalue weighted by atomic mass is 35.5. The molecule has 0 radical (unpaired) electrons. The molecule has 1 atom stereocenters. The van der Waals surface area contributed by atoms with Crippen LogP contribution in [0.1, 0.15) is 12.5 Å². The number of hydrogen-bond donors (Lipinski definition) is 1. The van der Waals surface area contributed by atoms with E-state index in [1.165, 1.54) is 42.3 Å². The fraction of sp³-hybridized carbons (Fsp3) is 0.231. The minimum absolute atomic E-state index is 0.0130. The fourth-order valence-electron chi connectivity index (χ4n) is 3.67. The molecule has 0 saturated heterocycles. The molecule has 0 spiro atoms. The van der Waals surface area contributed by atoms with Crippen molar-refractivity contribution in [3.05, 3.63) is 94.5 Å². The summed E-state index contributed by atoms with van der Waals surface area (Å²) in [6.45, 7) is 1.29. The van der Waals surface area contributed by atoms with Crippen molar-refractivity contribution in [2.75, 3.05) is 24.4 Å². The molecule has 0 aliphatic rings. The second-order valence-corrected chi connectivity index (χ2v) is 10.7. The molecule has 190 valence electrons. The van der Waals surface area contributed by atoms with E-state index in [1.807, 2.05) is 30.3 Å². The highest BCUT2D eigenvalue weighted by Crippen LogP contribution is 2.30. The molecular weight excluding hydrogens is 521 g/mol. The molecule has 0 fully saturated rings. The molecule has 0 bridgehead atoms. The Morgan fingerprint density at radius 1 is 0.917 bits per heavy atom. The van der Waals surface area contributed by atoms with E-state index < -0.39 is 28.5 Å². The summed E-state index contributed by atoms with van der Waals surface area (Å²) in [5.74, 6) is -0.893. The standard InChI is InChI=1S/C26H27Cl2N3O4S/c1-19(26(33)29-2)30(16-15-20-9-5-3-6-10-20)25(32)18-31(21-13-14-23(27)24(28)17-21)36(34,35)22-11-7-4-8-12-22/h3-14,17,19H,15-16,18H2,1-2H3,(H,29,33)/t19-/m1/s1. The molecular formula is C26H27Cl2N3O4S. The highest BCUT2D eigenvalue weighted by Gasteiger charge is 2.32. The van der Waals surface area contributed by atoms with Crippen LogP contribution in [0.4, 0.5) is 5.69 Å². The van der Waals surface area contributed by atoms with Crippen LogP contribution in [-0.2, 0) is 26.0 Å². The molecule has 3 rings (SSSR count). The average Bonchev–Trinajstić information content (AvgIpc) is 2.89. The number of benzene rings is 3. The Labute approximate surface area is 221 Å². The first-order valence-corrected chi connectivity index (χ1v) is 13.4. The van der Waals surface area contributed by atoms with Crippen LogP contribution in [0.3, 0.4) is 0 Å². The van der Waals surface area contributed by atoms with Crippen LogP contribution in [0, 0.1) is 0 Å². The first kappa shape index (κ1) is 27.5. The Kier molecular flexibility index (Phi) is 9.37. The SMILES string of the molecule is CNC(=O)[C@@H](C)N(CCc1ccccc1)C(=O)CN(c1ccc(Cl)c(Cl)c1)S(=O)(=O)c1ccccc1. The van der Waals surface area contributed by atoms with Crippen LogP contribution in [0.5, 0.6) is 0 Å². The van der Waals surface area contributed by atoms with Gasteiger partial charge < -0.3 is 10.2 Å². The third-order valence-electron chi connectivity index (χ3n) is 5.70. The van der Waals surface area contributed by atoms with E-state index >= 15 is 0 Å². The van der Waals surface area contributed by atoms with Gasteiger partial charge in [-0.05, 0) is 49.2 Å². The molecule has 0 saturated carbocycles. The van der Waals surface area contributed by atoms with Crippen LogP contribution in [0.25, 0.3) is 0 Å². The number of nitrogens with zero attached hydrogens (tertiary/aromatic N) is 2. The van der Waals surface area contributed by atoms with Crippen molar-refractivity contribution in [1.82, 2.24) is 10.2 Å². The second kappa shape index (κ2) is 12.3. The molecule has 3 aromatic carbocycles. The van der Waals surface area contributed by atoms with Crippen molar-refractivity contribution in [1.29, 1.82) is 0 Å². The van der Waals surface area contributed by atoms with Crippen molar-refractivity contribution in [2.45, 2.75) is 24.3 Å². The van der Waals surface area contributed by atoms with Gasteiger partial charge in [0.2, 0.25) is 11.8 Å². The van der Waals surface area contributed by atoms with Gasteiger partial charge in [-0.1, -0.05) is 71.7 Å². The van der Waals surface area contributed by atoms with Gasteiger partial charge >= 0.3 is 0 Å². The van der Waals surface area contributed by atoms with Crippen LogP contribution < -0.4 is 9.62 Å². The van der Waals surface area contributed by atoms with Crippen LogP contribution in [0.2, 0.25) is 10.0 Å². The predicted molar refractivity (Wildman–Crippen MR) is 143 cm³/mol. The lowest BCUT2D eigenvalue weighted by atomic mass is 10.1. The van der Waals surface area contributed by atoms with E-state index in [1.54, 1.807) is 25.1 Å². The van der Waals surface area contributed by atoms with Gasteiger partial charge in [0.05, 0.1) is 20.6 Å². The lowest BCUT2D eigenvalue weighted by Gasteiger charge is -2.31. The van der Waals surface area contributed by atoms with Gasteiger partial charge in [-0.15, -0.1) is 0 Å². The molecule has 0 aromatic heterocycles. The summed E-state index contributed by atoms with van der Waals surface area (Å²) in [6, 6.07) is 20.9. The van der Waals surface area contributed by atoms with E-state index in [0.717, 1.165) is 9.87 Å². The number of carbonyl (C=O) groups excluding carboxylic acids is 2. The van der Waals surface area contributed by atoms with Gasteiger partial charge in [-0.3, -0.25) is 13.9 Å². The second-order valence-electron chi connectivity index (χ2n) is 8.04. The van der Waals surface area contributed by atoms with Crippen LogP contribution >= 0.6 is 23.2 Å². The average molecular weight is 548 g/mol. The molecule has 36 heavy (non-hydrogen) atoms. The van der Waals surface area contributed by atoms with Gasteiger partial charge in [0.25, 0.3) is 10.0 Å². The van der Waals surface area contributed by atoms with E-state index in [-0.39, 0.29) is 33.1 Å². The van der Waals surface area contributed by atoms with E-state index in [9.17, 15) is 18.0 Å². The van der Waals surface area contributed by atoms with Crippen molar-refractivity contribution in [3.8, 4) is 0 Å². The number of rotatable bonds is 10. The summed E-state index contributed by atoms with van der Waals surface area (Å²) in [7, 11) is -2.66. The van der Waals surface area contributed by atoms with Gasteiger partial charge in [-0.25, -0.2) is 8.42 Å². The zero-order chi connectivity index (χ0) is 26.3. The summed E-state index contributed by atoms with van der Waals surface area (Å²) in [5, 5.41) is 2.96. The first-order valence-electron chi connectivity index (χ1n) is 11.2. The number of amides is 2. The zero-order valence-corrected chi connectivity index (χ0v) is 22.2. The van der Waals surface area contributed by atoms with E-state index in [0.29, 0.717) is 6.42 Å². The normalized spacial score (nSPS) is 12.0. The van der Waals surface area contributed by atoms with Gasteiger partial charge in [-0.2, -0.15) is 0 Å². The molecule has 0 heterocycles. The predicted octanol–water partition coefficient (Wildman–Crippen LogP) is 4.39. The molecule has 7 nitrogen and oxygen atoms in total. The Morgan fingerprint density at radius 3 is 2.11 bits per heavy atom. The number of carbonyl (C=O) groups is 2. The summed E-state index contributed by atoms with van der Waals surface area (Å²) in [4.78, 5) is 27.5. The number of hydrogen-bond acceptors (Lipinski definition) is 4. The Hall–Kier alpha value is -3.07. The zero-order valence-electron chi connectivity index (χ0n) is 19.9. The maximum atomic E-state index is 13.6. The minimum atomic E-state index is -4.15. The lowest BCUT2D eigenvalue weighted by Crippen LogP contribution is -2.51. The third kappa shape index (κ3) is 6.57. The van der Waals surface area contributed by atoms with Crippen molar-refractivity contribution < 1.29 is 18.0 Å². The number of nitrogens with one attached hydrogen (secondary N) is 1. The first-order chi connectivity index (χ1) is 17.1. The number of likely N-dealkylation sites (N-methyl/N-ethyl adjacent to an activating group) is 1. The molecule has 0 aliphatic carbocycles. The Balaban J connectivity index is 1.98. The van der Waals surface area contributed by atoms with Gasteiger partial charge in [0, 0.05) is 13.6 Å². The Bertz CT molecular complexity index is 1310. The van der Waals surface area contributed by atoms with Crippen molar-refractivity contribution >= 4 is 50.7 Å². The summed E-state index contributed by atoms with van der Waals surface area (Å²) in [5.41, 5.74) is 1.16. The van der Waals surface area contributed by atoms with Gasteiger partial charge in [0.15, 0.2) is 0 Å². The van der Waals surface area contributed by atoms with Gasteiger partial charge in [0.1, 0.15) is 12.6 Å². The molecule has 1 N–H and O–H groups in total. The summed E-state index contributed by atoms with van der Waals surface area (Å²) >= 11 is 12.2. The smallest absolute Gasteiger partial charge is 0.264 e. The summed E-state index contributed by atoms with van der Waals surface area (Å²) < 4.78 is 28.2. The highest BCUT2D eigenvalue weighted by molar-refractivity contribution is 7.92. The van der Waals surface area contributed by atoms with Crippen molar-refractivity contribution in [2.24, 2.45) is 0 Å². The fourth-order valence-corrected chi connectivity index (χ4v) is 5.39. The molecule has 10 heteroatoms. The maximum absolute atomic E-state index is 13.6. The van der Waals surface area contributed by atoms with E-state index in [2.05, 4.69) is 5.32 Å². The van der Waals surface area contributed by atoms with E-state index in [4.69, 9.17) is 23.2 Å². The van der Waals surface area contributed by atoms with Crippen LogP contribution in [0.15, 0.2) is 83.8 Å². The quantitative estimate of drug-likeness (QED) is 0.407. The Morgan fingerprint density at radius 2 is 1.53 bits per heavy atom. The largest absolute Gasteiger partial charge is 0.357 e.